The largest absolute Gasteiger partial charge is 0.369 e. The van der Waals surface area contributed by atoms with Crippen molar-refractivity contribution in [2.75, 3.05) is 18.4 Å². The van der Waals surface area contributed by atoms with E-state index in [0.29, 0.717) is 11.6 Å². The molecule has 0 amide bonds. The summed E-state index contributed by atoms with van der Waals surface area (Å²) in [6, 6.07) is 6.90. The lowest BCUT2D eigenvalue weighted by molar-refractivity contribution is 0.582. The Kier molecular flexibility index (Phi) is 5.64. The first kappa shape index (κ1) is 20.5. The van der Waals surface area contributed by atoms with Gasteiger partial charge in [0.25, 0.3) is 0 Å². The van der Waals surface area contributed by atoms with E-state index in [9.17, 15) is 12.8 Å². The fraction of sp³-hybridized carbons (Fsp3) is 0.176. The van der Waals surface area contributed by atoms with Gasteiger partial charge in [-0.05, 0) is 36.4 Å². The van der Waals surface area contributed by atoms with Crippen LogP contribution in [0.5, 0.6) is 0 Å². The maximum Gasteiger partial charge on any atom is 0.240 e. The summed E-state index contributed by atoms with van der Waals surface area (Å²) in [4.78, 5) is 8.15. The number of H-pyrrole nitrogens is 1. The molecule has 0 unspecified atom stereocenters. The SMILES string of the molecule is Cc1ccn(-c2cc(NCCNS(=O)(=O)c3ccc(F)c(-c4nn[nH]n4)c3)ncn2)n1. The molecule has 0 atom stereocenters. The van der Waals surface area contributed by atoms with Gasteiger partial charge in [0, 0.05) is 25.4 Å². The third-order valence-electron chi connectivity index (χ3n) is 4.17. The predicted molar refractivity (Wildman–Crippen MR) is 107 cm³/mol. The highest BCUT2D eigenvalue weighted by molar-refractivity contribution is 7.89. The van der Waals surface area contributed by atoms with E-state index in [2.05, 4.69) is 45.7 Å². The molecule has 3 N–H and O–H groups in total. The number of sulfonamides is 1. The van der Waals surface area contributed by atoms with Crippen LogP contribution in [0.4, 0.5) is 10.2 Å². The lowest BCUT2D eigenvalue weighted by Gasteiger charge is -2.10. The average molecular weight is 444 g/mol. The van der Waals surface area contributed by atoms with E-state index < -0.39 is 15.8 Å². The van der Waals surface area contributed by atoms with E-state index in [4.69, 9.17) is 0 Å². The van der Waals surface area contributed by atoms with Gasteiger partial charge in [0.1, 0.15) is 18.0 Å². The summed E-state index contributed by atoms with van der Waals surface area (Å²) in [6.07, 6.45) is 3.16. The zero-order valence-electron chi connectivity index (χ0n) is 16.2. The maximum absolute atomic E-state index is 14.0. The third kappa shape index (κ3) is 4.70. The Morgan fingerprint density at radius 2 is 2.03 bits per heavy atom. The van der Waals surface area contributed by atoms with Crippen molar-refractivity contribution in [3.05, 3.63) is 54.4 Å². The summed E-state index contributed by atoms with van der Waals surface area (Å²) < 4.78 is 43.2. The summed E-state index contributed by atoms with van der Waals surface area (Å²) in [5.74, 6) is 0.391. The van der Waals surface area contributed by atoms with Gasteiger partial charge in [-0.3, -0.25) is 0 Å². The Labute approximate surface area is 176 Å². The van der Waals surface area contributed by atoms with Gasteiger partial charge in [-0.15, -0.1) is 10.2 Å². The van der Waals surface area contributed by atoms with Crippen molar-refractivity contribution in [1.82, 2.24) is 45.1 Å². The molecule has 1 aromatic carbocycles. The number of anilines is 1. The van der Waals surface area contributed by atoms with Crippen LogP contribution >= 0.6 is 0 Å². The summed E-state index contributed by atoms with van der Waals surface area (Å²) in [5, 5.41) is 20.2. The molecule has 0 saturated heterocycles. The van der Waals surface area contributed by atoms with E-state index in [1.807, 2.05) is 13.0 Å². The summed E-state index contributed by atoms with van der Waals surface area (Å²) in [7, 11) is -3.88. The number of hydrogen-bond donors (Lipinski definition) is 3. The molecular formula is C17H17FN10O2S. The van der Waals surface area contributed by atoms with Gasteiger partial charge in [-0.2, -0.15) is 10.3 Å². The zero-order valence-corrected chi connectivity index (χ0v) is 17.0. The highest BCUT2D eigenvalue weighted by atomic mass is 32.2. The van der Waals surface area contributed by atoms with Gasteiger partial charge in [0.2, 0.25) is 15.8 Å². The van der Waals surface area contributed by atoms with E-state index in [1.165, 1.54) is 6.33 Å². The number of rotatable bonds is 8. The fourth-order valence-corrected chi connectivity index (χ4v) is 3.75. The van der Waals surface area contributed by atoms with Crippen molar-refractivity contribution in [3.8, 4) is 17.2 Å². The van der Waals surface area contributed by atoms with Gasteiger partial charge in [0.15, 0.2) is 5.82 Å². The third-order valence-corrected chi connectivity index (χ3v) is 5.63. The molecule has 0 radical (unpaired) electrons. The van der Waals surface area contributed by atoms with Crippen molar-refractivity contribution >= 4 is 15.8 Å². The van der Waals surface area contributed by atoms with Crippen LogP contribution in [0.25, 0.3) is 17.2 Å². The number of nitrogens with one attached hydrogen (secondary N) is 3. The lowest BCUT2D eigenvalue weighted by atomic mass is 10.2. The van der Waals surface area contributed by atoms with E-state index in [0.717, 1.165) is 23.9 Å². The number of hydrogen-bond acceptors (Lipinski definition) is 9. The van der Waals surface area contributed by atoms with Crippen molar-refractivity contribution in [3.63, 3.8) is 0 Å². The normalized spacial score (nSPS) is 11.5. The van der Waals surface area contributed by atoms with Crippen LogP contribution in [0.1, 0.15) is 5.69 Å². The Morgan fingerprint density at radius 3 is 2.77 bits per heavy atom. The Morgan fingerprint density at radius 1 is 1.16 bits per heavy atom. The molecule has 160 valence electrons. The van der Waals surface area contributed by atoms with Gasteiger partial charge >= 0.3 is 0 Å². The second-order valence-electron chi connectivity index (χ2n) is 6.36. The minimum atomic E-state index is -3.88. The van der Waals surface area contributed by atoms with Crippen LogP contribution in [0, 0.1) is 12.7 Å². The summed E-state index contributed by atoms with van der Waals surface area (Å²) >= 11 is 0. The number of halogens is 1. The molecule has 0 aliphatic carbocycles. The number of aromatic amines is 1. The van der Waals surface area contributed by atoms with Gasteiger partial charge < -0.3 is 5.32 Å². The fourth-order valence-electron chi connectivity index (χ4n) is 2.69. The topological polar surface area (TPSA) is 156 Å². The van der Waals surface area contributed by atoms with Crippen LogP contribution in [-0.4, -0.2) is 61.9 Å². The van der Waals surface area contributed by atoms with Crippen molar-refractivity contribution in [2.24, 2.45) is 0 Å². The van der Waals surface area contributed by atoms with Gasteiger partial charge in [-0.25, -0.2) is 32.2 Å². The zero-order chi connectivity index (χ0) is 21.8. The number of aryl methyl sites for hydroxylation is 1. The molecule has 3 aromatic heterocycles. The molecule has 12 nitrogen and oxygen atoms in total. The van der Waals surface area contributed by atoms with Crippen molar-refractivity contribution in [1.29, 1.82) is 0 Å². The number of tetrazole rings is 1. The molecule has 3 heterocycles. The predicted octanol–water partition coefficient (Wildman–Crippen LogP) is 0.680. The Balaban J connectivity index is 1.38. The van der Waals surface area contributed by atoms with Crippen LogP contribution in [-0.2, 0) is 10.0 Å². The summed E-state index contributed by atoms with van der Waals surface area (Å²) in [5.41, 5.74) is 0.780. The van der Waals surface area contributed by atoms with Crippen LogP contribution in [0.15, 0.2) is 47.8 Å². The average Bonchev–Trinajstić information content (AvgIpc) is 3.44. The maximum atomic E-state index is 14.0. The molecule has 31 heavy (non-hydrogen) atoms. The molecule has 0 aliphatic heterocycles. The first-order chi connectivity index (χ1) is 14.9. The summed E-state index contributed by atoms with van der Waals surface area (Å²) in [6.45, 7) is 2.19. The van der Waals surface area contributed by atoms with Crippen LogP contribution < -0.4 is 10.0 Å². The van der Waals surface area contributed by atoms with E-state index >= 15 is 0 Å². The second-order valence-corrected chi connectivity index (χ2v) is 8.13. The molecule has 0 spiro atoms. The monoisotopic (exact) mass is 444 g/mol. The number of aromatic nitrogens is 8. The molecule has 0 saturated carbocycles. The minimum absolute atomic E-state index is 0.0387. The first-order valence-electron chi connectivity index (χ1n) is 9.04. The molecule has 0 bridgehead atoms. The Hall–Kier alpha value is -3.78. The van der Waals surface area contributed by atoms with Crippen molar-refractivity contribution in [2.45, 2.75) is 11.8 Å². The van der Waals surface area contributed by atoms with Gasteiger partial charge in [-0.1, -0.05) is 0 Å². The van der Waals surface area contributed by atoms with Crippen LogP contribution in [0.3, 0.4) is 0 Å². The highest BCUT2D eigenvalue weighted by Crippen LogP contribution is 2.22. The van der Waals surface area contributed by atoms with E-state index in [1.54, 1.807) is 16.9 Å². The van der Waals surface area contributed by atoms with E-state index in [-0.39, 0.29) is 29.4 Å². The lowest BCUT2D eigenvalue weighted by Crippen LogP contribution is -2.29. The minimum Gasteiger partial charge on any atom is -0.369 e. The Bertz CT molecular complexity index is 1290. The number of benzene rings is 1. The van der Waals surface area contributed by atoms with Crippen molar-refractivity contribution < 1.29 is 12.8 Å². The highest BCUT2D eigenvalue weighted by Gasteiger charge is 2.18. The molecule has 14 heteroatoms. The smallest absolute Gasteiger partial charge is 0.240 e. The van der Waals surface area contributed by atoms with Crippen LogP contribution in [0.2, 0.25) is 0 Å². The molecule has 4 aromatic rings. The molecule has 0 fully saturated rings. The molecular weight excluding hydrogens is 427 g/mol. The quantitative estimate of drug-likeness (QED) is 0.333. The number of nitrogens with zero attached hydrogens (tertiary/aromatic N) is 7. The van der Waals surface area contributed by atoms with Gasteiger partial charge in [0.05, 0.1) is 16.2 Å². The second kappa shape index (κ2) is 8.53. The standard InChI is InChI=1S/C17H17FN10O2S/c1-11-4-7-28(25-11)16-9-15(20-10-21-16)19-5-6-22-31(29,30)12-2-3-14(18)13(8-12)17-23-26-27-24-17/h2-4,7-10,22H,5-6H2,1H3,(H,19,20,21)(H,23,24,26,27). The molecule has 0 aliphatic rings. The molecule has 4 rings (SSSR count). The first-order valence-corrected chi connectivity index (χ1v) is 10.5.